The van der Waals surface area contributed by atoms with E-state index in [1.54, 1.807) is 31.2 Å². The maximum atomic E-state index is 14.1. The molecule has 3 aromatic carbocycles. The second kappa shape index (κ2) is 13.1. The first-order valence-electron chi connectivity index (χ1n) is 12.9. The molecule has 9 heteroatoms. The molecule has 0 saturated heterocycles. The van der Waals surface area contributed by atoms with Gasteiger partial charge in [0, 0.05) is 17.6 Å². The number of amides is 2. The Labute approximate surface area is 236 Å². The molecule has 3 rings (SSSR count). The standard InChI is InChI=1S/C30H36ClN3O4S/c1-6-27(30(36)32-21(2)3)33(19-24-12-9-10-22(4)18-24)29(35)20-34(28-13-8-7-11-23(28)5)39(37,38)26-16-14-25(31)15-17-26/h7-18,21,27H,6,19-20H2,1-5H3,(H,32,36)/t27-/m0/s1. The van der Waals surface area contributed by atoms with Crippen molar-refractivity contribution in [3.8, 4) is 0 Å². The summed E-state index contributed by atoms with van der Waals surface area (Å²) in [5, 5.41) is 3.31. The van der Waals surface area contributed by atoms with E-state index in [0.29, 0.717) is 22.7 Å². The zero-order valence-corrected chi connectivity index (χ0v) is 24.6. The highest BCUT2D eigenvalue weighted by Crippen LogP contribution is 2.28. The van der Waals surface area contributed by atoms with Gasteiger partial charge in [0.05, 0.1) is 10.6 Å². The predicted molar refractivity (Wildman–Crippen MR) is 156 cm³/mol. The molecule has 0 bridgehead atoms. The van der Waals surface area contributed by atoms with E-state index in [0.717, 1.165) is 15.4 Å². The molecule has 0 fully saturated rings. The molecule has 0 radical (unpaired) electrons. The van der Waals surface area contributed by atoms with Crippen molar-refractivity contribution < 1.29 is 18.0 Å². The van der Waals surface area contributed by atoms with Gasteiger partial charge in [0.2, 0.25) is 11.8 Å². The third kappa shape index (κ3) is 7.61. The van der Waals surface area contributed by atoms with Crippen molar-refractivity contribution >= 4 is 39.1 Å². The Kier molecular flexibility index (Phi) is 10.2. The van der Waals surface area contributed by atoms with Crippen LogP contribution in [0.1, 0.15) is 43.9 Å². The van der Waals surface area contributed by atoms with Gasteiger partial charge in [0.15, 0.2) is 0 Å². The van der Waals surface area contributed by atoms with E-state index in [-0.39, 0.29) is 23.4 Å². The van der Waals surface area contributed by atoms with Gasteiger partial charge in [-0.1, -0.05) is 66.6 Å². The van der Waals surface area contributed by atoms with Gasteiger partial charge in [0.1, 0.15) is 12.6 Å². The van der Waals surface area contributed by atoms with E-state index >= 15 is 0 Å². The Balaban J connectivity index is 2.08. The molecule has 0 unspecified atom stereocenters. The molecule has 0 aromatic heterocycles. The first kappa shape index (κ1) is 30.2. The first-order valence-corrected chi connectivity index (χ1v) is 14.7. The molecule has 3 aromatic rings. The summed E-state index contributed by atoms with van der Waals surface area (Å²) in [6, 6.07) is 19.6. The summed E-state index contributed by atoms with van der Waals surface area (Å²) < 4.78 is 28.9. The van der Waals surface area contributed by atoms with Crippen LogP contribution >= 0.6 is 11.6 Å². The zero-order chi connectivity index (χ0) is 28.7. The number of carbonyl (C=O) groups excluding carboxylic acids is 2. The molecule has 0 aliphatic carbocycles. The fourth-order valence-corrected chi connectivity index (χ4v) is 6.00. The number of carbonyl (C=O) groups is 2. The van der Waals surface area contributed by atoms with E-state index in [9.17, 15) is 18.0 Å². The normalized spacial score (nSPS) is 12.2. The average molecular weight is 570 g/mol. The molecule has 1 atom stereocenters. The second-order valence-electron chi connectivity index (χ2n) is 9.85. The van der Waals surface area contributed by atoms with E-state index < -0.39 is 28.5 Å². The molecular weight excluding hydrogens is 534 g/mol. The predicted octanol–water partition coefficient (Wildman–Crippen LogP) is 5.48. The first-order chi connectivity index (χ1) is 18.4. The number of nitrogens with zero attached hydrogens (tertiary/aromatic N) is 2. The maximum absolute atomic E-state index is 14.1. The third-order valence-electron chi connectivity index (χ3n) is 6.32. The van der Waals surface area contributed by atoms with Crippen molar-refractivity contribution in [3.05, 3.63) is 94.5 Å². The van der Waals surface area contributed by atoms with E-state index in [1.165, 1.54) is 29.2 Å². The summed E-state index contributed by atoms with van der Waals surface area (Å²) in [5.41, 5.74) is 2.95. The Morgan fingerprint density at radius 1 is 0.949 bits per heavy atom. The summed E-state index contributed by atoms with van der Waals surface area (Å²) in [5.74, 6) is -0.764. The van der Waals surface area contributed by atoms with E-state index in [4.69, 9.17) is 11.6 Å². The zero-order valence-electron chi connectivity index (χ0n) is 23.0. The highest BCUT2D eigenvalue weighted by atomic mass is 35.5. The van der Waals surface area contributed by atoms with Crippen LogP contribution in [0.4, 0.5) is 5.69 Å². The van der Waals surface area contributed by atoms with Gasteiger partial charge in [0.25, 0.3) is 10.0 Å². The fourth-order valence-electron chi connectivity index (χ4n) is 4.40. The number of benzene rings is 3. The van der Waals surface area contributed by atoms with E-state index in [1.807, 2.05) is 52.0 Å². The molecule has 0 spiro atoms. The van der Waals surface area contributed by atoms with Crippen molar-refractivity contribution in [2.75, 3.05) is 10.8 Å². The smallest absolute Gasteiger partial charge is 0.264 e. The number of hydrogen-bond donors (Lipinski definition) is 1. The molecular formula is C30H36ClN3O4S. The Morgan fingerprint density at radius 2 is 1.62 bits per heavy atom. The van der Waals surface area contributed by atoms with Crippen LogP contribution in [0.2, 0.25) is 5.02 Å². The summed E-state index contributed by atoms with van der Waals surface area (Å²) in [4.78, 5) is 28.8. The number of nitrogens with one attached hydrogen (secondary N) is 1. The lowest BCUT2D eigenvalue weighted by molar-refractivity contribution is -0.140. The molecule has 208 valence electrons. The van der Waals surface area contributed by atoms with Crippen molar-refractivity contribution in [2.24, 2.45) is 0 Å². The van der Waals surface area contributed by atoms with Crippen molar-refractivity contribution in [3.63, 3.8) is 0 Å². The molecule has 7 nitrogen and oxygen atoms in total. The Hall–Kier alpha value is -3.36. The summed E-state index contributed by atoms with van der Waals surface area (Å²) >= 11 is 6.01. The van der Waals surface area contributed by atoms with Crippen LogP contribution in [-0.4, -0.2) is 43.8 Å². The SMILES string of the molecule is CC[C@@H](C(=O)NC(C)C)N(Cc1cccc(C)c1)C(=O)CN(c1ccccc1C)S(=O)(=O)c1ccc(Cl)cc1. The van der Waals surface area contributed by atoms with Crippen molar-refractivity contribution in [1.82, 2.24) is 10.2 Å². The molecule has 2 amide bonds. The maximum Gasteiger partial charge on any atom is 0.264 e. The van der Waals surface area contributed by atoms with Crippen LogP contribution in [0.25, 0.3) is 0 Å². The topological polar surface area (TPSA) is 86.8 Å². The third-order valence-corrected chi connectivity index (χ3v) is 8.34. The minimum atomic E-state index is -4.15. The van der Waals surface area contributed by atoms with E-state index in [2.05, 4.69) is 5.32 Å². The molecule has 1 N–H and O–H groups in total. The minimum absolute atomic E-state index is 0.0118. The number of sulfonamides is 1. The Bertz CT molecular complexity index is 1410. The molecule has 0 saturated carbocycles. The molecule has 0 aliphatic rings. The molecule has 39 heavy (non-hydrogen) atoms. The largest absolute Gasteiger partial charge is 0.352 e. The van der Waals surface area contributed by atoms with Crippen LogP contribution in [0.5, 0.6) is 0 Å². The van der Waals surface area contributed by atoms with Gasteiger partial charge in [-0.3, -0.25) is 13.9 Å². The summed E-state index contributed by atoms with van der Waals surface area (Å²) in [7, 11) is -4.15. The number of aryl methyl sites for hydroxylation is 2. The fraction of sp³-hybridized carbons (Fsp3) is 0.333. The highest BCUT2D eigenvalue weighted by molar-refractivity contribution is 7.92. The van der Waals surface area contributed by atoms with Gasteiger partial charge in [-0.15, -0.1) is 0 Å². The molecule has 0 heterocycles. The lowest BCUT2D eigenvalue weighted by atomic mass is 10.1. The number of halogens is 1. The van der Waals surface area contributed by atoms with Crippen molar-refractivity contribution in [1.29, 1.82) is 0 Å². The van der Waals surface area contributed by atoms with Crippen LogP contribution < -0.4 is 9.62 Å². The van der Waals surface area contributed by atoms with Crippen LogP contribution in [0.15, 0.2) is 77.7 Å². The van der Waals surface area contributed by atoms with Gasteiger partial charge >= 0.3 is 0 Å². The number of para-hydroxylation sites is 1. The van der Waals surface area contributed by atoms with Gasteiger partial charge in [-0.05, 0) is 75.6 Å². The van der Waals surface area contributed by atoms with Crippen molar-refractivity contribution in [2.45, 2.75) is 64.6 Å². The molecule has 0 aliphatic heterocycles. The Morgan fingerprint density at radius 3 is 2.21 bits per heavy atom. The lowest BCUT2D eigenvalue weighted by Crippen LogP contribution is -2.53. The van der Waals surface area contributed by atoms with Gasteiger partial charge < -0.3 is 10.2 Å². The quantitative estimate of drug-likeness (QED) is 0.331. The summed E-state index contributed by atoms with van der Waals surface area (Å²) in [6.07, 6.45) is 0.365. The second-order valence-corrected chi connectivity index (χ2v) is 12.1. The average Bonchev–Trinajstić information content (AvgIpc) is 2.87. The lowest BCUT2D eigenvalue weighted by Gasteiger charge is -2.34. The van der Waals surface area contributed by atoms with Crippen LogP contribution in [0.3, 0.4) is 0 Å². The number of anilines is 1. The van der Waals surface area contributed by atoms with Gasteiger partial charge in [-0.2, -0.15) is 0 Å². The monoisotopic (exact) mass is 569 g/mol. The number of rotatable bonds is 11. The minimum Gasteiger partial charge on any atom is -0.352 e. The number of hydrogen-bond acceptors (Lipinski definition) is 4. The van der Waals surface area contributed by atoms with Crippen LogP contribution in [-0.2, 0) is 26.2 Å². The van der Waals surface area contributed by atoms with Gasteiger partial charge in [-0.25, -0.2) is 8.42 Å². The highest BCUT2D eigenvalue weighted by Gasteiger charge is 2.34. The van der Waals surface area contributed by atoms with Crippen LogP contribution in [0, 0.1) is 13.8 Å². The summed E-state index contributed by atoms with van der Waals surface area (Å²) in [6.45, 7) is 8.98.